The molecule has 3 nitrogen and oxygen atoms in total. The number of nitrogens with one attached hydrogen (secondary N) is 1. The molecule has 2 saturated carbocycles. The fraction of sp³-hybridized carbons (Fsp3) is 0.500. The van der Waals surface area contributed by atoms with Crippen molar-refractivity contribution in [2.75, 3.05) is 7.11 Å². The number of H-pyrrole nitrogens is 1. The van der Waals surface area contributed by atoms with Crippen LogP contribution in [0.5, 0.6) is 5.75 Å². The van der Waals surface area contributed by atoms with E-state index in [1.807, 2.05) is 24.4 Å². The smallest absolute Gasteiger partial charge is 0.165 e. The number of methoxy groups -OCH3 is 1. The van der Waals surface area contributed by atoms with E-state index in [0.29, 0.717) is 12.3 Å². The number of benzene rings is 1. The van der Waals surface area contributed by atoms with E-state index < -0.39 is 0 Å². The molecule has 2 aliphatic carbocycles. The van der Waals surface area contributed by atoms with E-state index in [9.17, 15) is 4.79 Å². The number of hydrogen-bond donors (Lipinski definition) is 1. The minimum Gasteiger partial charge on any atom is -0.497 e. The summed E-state index contributed by atoms with van der Waals surface area (Å²) in [4.78, 5) is 15.9. The van der Waals surface area contributed by atoms with Gasteiger partial charge in [-0.15, -0.1) is 0 Å². The van der Waals surface area contributed by atoms with Gasteiger partial charge in [-0.3, -0.25) is 4.79 Å². The van der Waals surface area contributed by atoms with Crippen LogP contribution in [0.15, 0.2) is 24.4 Å². The highest BCUT2D eigenvalue weighted by Crippen LogP contribution is 2.49. The topological polar surface area (TPSA) is 42.1 Å². The summed E-state index contributed by atoms with van der Waals surface area (Å²) in [6.45, 7) is 0. The first kappa shape index (κ1) is 12.9. The molecule has 2 fully saturated rings. The molecule has 3 heteroatoms. The zero-order valence-corrected chi connectivity index (χ0v) is 12.4. The summed E-state index contributed by atoms with van der Waals surface area (Å²) in [5, 5.41) is 0.988. The maximum absolute atomic E-state index is 12.7. The highest BCUT2D eigenvalue weighted by Gasteiger charge is 2.40. The van der Waals surface area contributed by atoms with Gasteiger partial charge in [0.25, 0.3) is 0 Å². The number of Topliss-reactive ketones (excluding diaryl/α,β-unsaturated/α-hetero) is 1. The maximum atomic E-state index is 12.7. The van der Waals surface area contributed by atoms with E-state index in [1.54, 1.807) is 7.11 Å². The first-order chi connectivity index (χ1) is 10.2. The van der Waals surface area contributed by atoms with Crippen LogP contribution in [-0.4, -0.2) is 17.9 Å². The molecule has 1 aromatic heterocycles. The summed E-state index contributed by atoms with van der Waals surface area (Å²) in [6, 6.07) is 5.85. The molecule has 1 heterocycles. The van der Waals surface area contributed by atoms with E-state index >= 15 is 0 Å². The molecule has 0 radical (unpaired) electrons. The Hall–Kier alpha value is -1.77. The van der Waals surface area contributed by atoms with Crippen molar-refractivity contribution < 1.29 is 9.53 Å². The van der Waals surface area contributed by atoms with Crippen LogP contribution in [0, 0.1) is 17.8 Å². The summed E-state index contributed by atoms with van der Waals surface area (Å²) >= 11 is 0. The minimum atomic E-state index is 0.284. The number of hydrogen-bond acceptors (Lipinski definition) is 2. The fourth-order valence-electron chi connectivity index (χ4n) is 4.43. The molecule has 0 amide bonds. The third-order valence-corrected chi connectivity index (χ3v) is 5.52. The Morgan fingerprint density at radius 1 is 1.33 bits per heavy atom. The predicted molar refractivity (Wildman–Crippen MR) is 82.7 cm³/mol. The maximum Gasteiger partial charge on any atom is 0.165 e. The number of carbonyl (C=O) groups is 1. The number of fused-ring (bicyclic) bond motifs is 3. The molecule has 0 saturated heterocycles. The van der Waals surface area contributed by atoms with E-state index in [1.165, 1.54) is 25.7 Å². The van der Waals surface area contributed by atoms with Gasteiger partial charge < -0.3 is 9.72 Å². The molecule has 3 atom stereocenters. The SMILES string of the molecule is COc1ccc2[nH]cc(C(=O)CC3CC4CCC3C4)c2c1. The Kier molecular flexibility index (Phi) is 3.02. The molecule has 2 bridgehead atoms. The van der Waals surface area contributed by atoms with Crippen LogP contribution in [0.1, 0.15) is 42.5 Å². The Morgan fingerprint density at radius 3 is 2.95 bits per heavy atom. The molecule has 110 valence electrons. The molecule has 1 aromatic carbocycles. The summed E-state index contributed by atoms with van der Waals surface area (Å²) in [6.07, 6.45) is 7.93. The number of ether oxygens (including phenoxy) is 1. The molecular weight excluding hydrogens is 262 g/mol. The zero-order valence-electron chi connectivity index (χ0n) is 12.4. The second-order valence-corrected chi connectivity index (χ2v) is 6.68. The van der Waals surface area contributed by atoms with Crippen molar-refractivity contribution in [1.82, 2.24) is 4.98 Å². The lowest BCUT2D eigenvalue weighted by molar-refractivity contribution is 0.0946. The molecule has 2 aromatic rings. The number of carbonyl (C=O) groups excluding carboxylic acids is 1. The van der Waals surface area contributed by atoms with E-state index in [2.05, 4.69) is 4.98 Å². The van der Waals surface area contributed by atoms with Gasteiger partial charge >= 0.3 is 0 Å². The van der Waals surface area contributed by atoms with Gasteiger partial charge in [-0.25, -0.2) is 0 Å². The Bertz CT molecular complexity index is 688. The van der Waals surface area contributed by atoms with Crippen LogP contribution in [0.3, 0.4) is 0 Å². The van der Waals surface area contributed by atoms with Gasteiger partial charge in [0, 0.05) is 29.1 Å². The first-order valence-corrected chi connectivity index (χ1v) is 7.93. The lowest BCUT2D eigenvalue weighted by Gasteiger charge is -2.20. The average molecular weight is 283 g/mol. The molecule has 2 aliphatic rings. The molecule has 21 heavy (non-hydrogen) atoms. The quantitative estimate of drug-likeness (QED) is 0.855. The van der Waals surface area contributed by atoms with Gasteiger partial charge in [0.15, 0.2) is 5.78 Å². The summed E-state index contributed by atoms with van der Waals surface area (Å²) < 4.78 is 5.27. The van der Waals surface area contributed by atoms with Crippen LogP contribution in [0.2, 0.25) is 0 Å². The predicted octanol–water partition coefficient (Wildman–Crippen LogP) is 4.19. The fourth-order valence-corrected chi connectivity index (χ4v) is 4.43. The standard InChI is InChI=1S/C18H21NO2/c1-21-14-4-5-17-15(9-14)16(10-19-17)18(20)8-13-7-11-2-3-12(13)6-11/h4-5,9-13,19H,2-3,6-8H2,1H3. The number of aromatic amines is 1. The lowest BCUT2D eigenvalue weighted by Crippen LogP contribution is -2.15. The highest BCUT2D eigenvalue weighted by molar-refractivity contribution is 6.08. The molecule has 0 aliphatic heterocycles. The third-order valence-electron chi connectivity index (χ3n) is 5.52. The monoisotopic (exact) mass is 283 g/mol. The van der Waals surface area contributed by atoms with Crippen molar-refractivity contribution in [2.24, 2.45) is 17.8 Å². The van der Waals surface area contributed by atoms with Crippen LogP contribution in [0.25, 0.3) is 10.9 Å². The van der Waals surface area contributed by atoms with Gasteiger partial charge in [-0.2, -0.15) is 0 Å². The van der Waals surface area contributed by atoms with Crippen molar-refractivity contribution in [2.45, 2.75) is 32.1 Å². The van der Waals surface area contributed by atoms with Crippen molar-refractivity contribution >= 4 is 16.7 Å². The average Bonchev–Trinajstić information content (AvgIpc) is 3.20. The van der Waals surface area contributed by atoms with E-state index in [0.717, 1.165) is 34.1 Å². The van der Waals surface area contributed by atoms with Crippen LogP contribution in [-0.2, 0) is 0 Å². The Balaban J connectivity index is 1.59. The van der Waals surface area contributed by atoms with Crippen molar-refractivity contribution in [3.05, 3.63) is 30.0 Å². The highest BCUT2D eigenvalue weighted by atomic mass is 16.5. The first-order valence-electron chi connectivity index (χ1n) is 7.93. The molecule has 3 unspecified atom stereocenters. The summed E-state index contributed by atoms with van der Waals surface area (Å²) in [5.41, 5.74) is 1.83. The van der Waals surface area contributed by atoms with Gasteiger partial charge in [0.05, 0.1) is 7.11 Å². The van der Waals surface area contributed by atoms with E-state index in [-0.39, 0.29) is 5.78 Å². The Morgan fingerprint density at radius 2 is 2.24 bits per heavy atom. The number of ketones is 1. The van der Waals surface area contributed by atoms with Gasteiger partial charge in [0.2, 0.25) is 0 Å². The molecular formula is C18H21NO2. The Labute approximate surface area is 124 Å². The number of rotatable bonds is 4. The minimum absolute atomic E-state index is 0.284. The van der Waals surface area contributed by atoms with Crippen LogP contribution < -0.4 is 4.74 Å². The van der Waals surface area contributed by atoms with Gasteiger partial charge in [0.1, 0.15) is 5.75 Å². The van der Waals surface area contributed by atoms with Crippen LogP contribution in [0.4, 0.5) is 0 Å². The zero-order chi connectivity index (χ0) is 14.4. The summed E-state index contributed by atoms with van der Waals surface area (Å²) in [5.74, 6) is 3.41. The summed E-state index contributed by atoms with van der Waals surface area (Å²) in [7, 11) is 1.66. The second kappa shape index (κ2) is 4.90. The molecule has 0 spiro atoms. The van der Waals surface area contributed by atoms with Crippen molar-refractivity contribution in [1.29, 1.82) is 0 Å². The normalized spacial score (nSPS) is 27.4. The molecule has 1 N–H and O–H groups in total. The van der Waals surface area contributed by atoms with Crippen molar-refractivity contribution in [3.8, 4) is 5.75 Å². The lowest BCUT2D eigenvalue weighted by atomic mass is 9.84. The molecule has 4 rings (SSSR count). The van der Waals surface area contributed by atoms with Gasteiger partial charge in [-0.1, -0.05) is 6.42 Å². The third kappa shape index (κ3) is 2.15. The largest absolute Gasteiger partial charge is 0.497 e. The van der Waals surface area contributed by atoms with Crippen molar-refractivity contribution in [3.63, 3.8) is 0 Å². The van der Waals surface area contributed by atoms with E-state index in [4.69, 9.17) is 4.74 Å². The van der Waals surface area contributed by atoms with Crippen LogP contribution >= 0.6 is 0 Å². The van der Waals surface area contributed by atoms with Gasteiger partial charge in [-0.05, 0) is 55.2 Å². The second-order valence-electron chi connectivity index (χ2n) is 6.68. The number of aromatic nitrogens is 1.